The third kappa shape index (κ3) is 7.37. The van der Waals surface area contributed by atoms with Crippen LogP contribution in [0.25, 0.3) is 21.8 Å². The molecule has 0 aliphatic rings. The van der Waals surface area contributed by atoms with Crippen LogP contribution in [0, 0.1) is 18.6 Å². The number of rotatable bonds is 11. The molecule has 0 atom stereocenters. The van der Waals surface area contributed by atoms with Crippen molar-refractivity contribution in [3.8, 4) is 33.3 Å². The van der Waals surface area contributed by atoms with E-state index < -0.39 is 30.0 Å². The van der Waals surface area contributed by atoms with E-state index in [9.17, 15) is 17.2 Å². The number of hydrogen-bond donors (Lipinski definition) is 2. The Morgan fingerprint density at radius 3 is 2.44 bits per heavy atom. The van der Waals surface area contributed by atoms with Crippen molar-refractivity contribution in [2.75, 3.05) is 17.1 Å². The van der Waals surface area contributed by atoms with Gasteiger partial charge in [0.1, 0.15) is 5.69 Å². The molecule has 0 spiro atoms. The Kier molecular flexibility index (Phi) is 9.68. The molecule has 2 N–H and O–H groups in total. The van der Waals surface area contributed by atoms with Gasteiger partial charge >= 0.3 is 0 Å². The van der Waals surface area contributed by atoms with Gasteiger partial charge in [0.05, 0.1) is 29.6 Å². The molecule has 5 aromatic rings. The van der Waals surface area contributed by atoms with E-state index in [0.717, 1.165) is 29.0 Å². The SMILES string of the molecule is COc1cccc(CNc2cnc(S(=O)(=O)Nc3nc(-c4ccc(F)c(F)c4)c(-c4ccn(C)n4)s3)c(C)c2)c1O[Si](C)(C)C(C)(C)C. The van der Waals surface area contributed by atoms with Gasteiger partial charge in [-0.15, -0.1) is 0 Å². The monoisotopic (exact) mass is 712 g/mol. The normalized spacial score (nSPS) is 12.2. The zero-order chi connectivity index (χ0) is 35.0. The number of pyridine rings is 1. The summed E-state index contributed by atoms with van der Waals surface area (Å²) in [5.74, 6) is -0.725. The molecule has 48 heavy (non-hydrogen) atoms. The lowest BCUT2D eigenvalue weighted by molar-refractivity contribution is 0.384. The average molecular weight is 713 g/mol. The Morgan fingerprint density at radius 2 is 1.81 bits per heavy atom. The largest absolute Gasteiger partial charge is 0.541 e. The maximum Gasteiger partial charge on any atom is 0.281 e. The Balaban J connectivity index is 1.39. The molecule has 254 valence electrons. The van der Waals surface area contributed by atoms with Crippen LogP contribution in [0.3, 0.4) is 0 Å². The second kappa shape index (κ2) is 13.3. The van der Waals surface area contributed by atoms with E-state index in [2.05, 4.69) is 59.0 Å². The minimum atomic E-state index is -4.19. The number of para-hydroxylation sites is 1. The number of thiazole rings is 1. The zero-order valence-electron chi connectivity index (χ0n) is 28.0. The summed E-state index contributed by atoms with van der Waals surface area (Å²) in [4.78, 5) is 9.22. The van der Waals surface area contributed by atoms with Crippen molar-refractivity contribution in [3.63, 3.8) is 0 Å². The summed E-state index contributed by atoms with van der Waals surface area (Å²) in [6, 6.07) is 12.5. The van der Waals surface area contributed by atoms with E-state index in [0.29, 0.717) is 39.9 Å². The van der Waals surface area contributed by atoms with Gasteiger partial charge in [-0.1, -0.05) is 44.2 Å². The molecule has 0 bridgehead atoms. The number of methoxy groups -OCH3 is 1. The number of aryl methyl sites for hydroxylation is 2. The van der Waals surface area contributed by atoms with Gasteiger partial charge in [0.2, 0.25) is 0 Å². The first-order valence-electron chi connectivity index (χ1n) is 15.0. The van der Waals surface area contributed by atoms with E-state index in [-0.39, 0.29) is 26.5 Å². The van der Waals surface area contributed by atoms with Crippen molar-refractivity contribution in [2.45, 2.75) is 57.4 Å². The van der Waals surface area contributed by atoms with E-state index in [1.165, 1.54) is 12.3 Å². The number of benzene rings is 2. The fourth-order valence-corrected chi connectivity index (χ4v) is 7.99. The number of halogens is 2. The van der Waals surface area contributed by atoms with Crippen LogP contribution in [-0.4, -0.2) is 43.6 Å². The van der Waals surface area contributed by atoms with Gasteiger partial charge in [-0.05, 0) is 67.0 Å². The van der Waals surface area contributed by atoms with Crippen molar-refractivity contribution in [2.24, 2.45) is 7.05 Å². The topological polar surface area (TPSA) is 120 Å². The summed E-state index contributed by atoms with van der Waals surface area (Å²) < 4.78 is 71.3. The van der Waals surface area contributed by atoms with Crippen LogP contribution in [0.5, 0.6) is 11.5 Å². The van der Waals surface area contributed by atoms with Gasteiger partial charge in [0.15, 0.2) is 33.3 Å². The number of nitrogens with zero attached hydrogens (tertiary/aromatic N) is 4. The minimum Gasteiger partial charge on any atom is -0.541 e. The number of nitrogens with one attached hydrogen (secondary N) is 2. The van der Waals surface area contributed by atoms with Gasteiger partial charge in [-0.25, -0.2) is 18.7 Å². The molecule has 0 amide bonds. The van der Waals surface area contributed by atoms with Crippen LogP contribution >= 0.6 is 11.3 Å². The van der Waals surface area contributed by atoms with E-state index in [4.69, 9.17) is 9.16 Å². The first-order valence-corrected chi connectivity index (χ1v) is 20.2. The number of anilines is 2. The van der Waals surface area contributed by atoms with Gasteiger partial charge in [-0.3, -0.25) is 9.40 Å². The summed E-state index contributed by atoms with van der Waals surface area (Å²) >= 11 is 1.02. The summed E-state index contributed by atoms with van der Waals surface area (Å²) in [5.41, 5.74) is 2.93. The smallest absolute Gasteiger partial charge is 0.281 e. The lowest BCUT2D eigenvalue weighted by Gasteiger charge is -2.37. The molecule has 0 saturated carbocycles. The molecule has 2 aromatic carbocycles. The fourth-order valence-electron chi connectivity index (χ4n) is 4.60. The second-order valence-corrected chi connectivity index (χ2v) is 20.1. The minimum absolute atomic E-state index is 0.0195. The number of aromatic nitrogens is 4. The lowest BCUT2D eigenvalue weighted by atomic mass is 10.1. The first kappa shape index (κ1) is 35.0. The maximum absolute atomic E-state index is 14.1. The molecule has 15 heteroatoms. The van der Waals surface area contributed by atoms with E-state index >= 15 is 0 Å². The van der Waals surface area contributed by atoms with Crippen molar-refractivity contribution in [1.82, 2.24) is 19.7 Å². The summed E-state index contributed by atoms with van der Waals surface area (Å²) in [6.07, 6.45) is 3.16. The highest BCUT2D eigenvalue weighted by Crippen LogP contribution is 2.42. The molecule has 0 unspecified atom stereocenters. The van der Waals surface area contributed by atoms with Gasteiger partial charge < -0.3 is 14.5 Å². The average Bonchev–Trinajstić information content (AvgIpc) is 3.62. The third-order valence-corrected chi connectivity index (χ3v) is 15.0. The predicted molar refractivity (Wildman–Crippen MR) is 188 cm³/mol. The van der Waals surface area contributed by atoms with Crippen LogP contribution in [0.2, 0.25) is 18.1 Å². The highest BCUT2D eigenvalue weighted by Gasteiger charge is 2.40. The van der Waals surface area contributed by atoms with Crippen molar-refractivity contribution in [3.05, 3.63) is 83.7 Å². The maximum atomic E-state index is 14.1. The van der Waals surface area contributed by atoms with Crippen LogP contribution in [0.15, 0.2) is 66.0 Å². The van der Waals surface area contributed by atoms with Crippen LogP contribution in [-0.2, 0) is 23.6 Å². The van der Waals surface area contributed by atoms with Crippen LogP contribution < -0.4 is 19.2 Å². The van der Waals surface area contributed by atoms with E-state index in [1.54, 1.807) is 44.1 Å². The molecular weight excluding hydrogens is 675 g/mol. The number of sulfonamides is 1. The van der Waals surface area contributed by atoms with Crippen molar-refractivity contribution >= 4 is 40.5 Å². The Labute approximate surface area is 284 Å². The molecule has 0 saturated heterocycles. The summed E-state index contributed by atoms with van der Waals surface area (Å²) in [5, 5.41) is 7.54. The molecule has 3 heterocycles. The zero-order valence-corrected chi connectivity index (χ0v) is 30.6. The van der Waals surface area contributed by atoms with Crippen molar-refractivity contribution < 1.29 is 26.4 Å². The molecular formula is C33H38F2N6O4S2Si. The molecule has 0 fully saturated rings. The summed E-state index contributed by atoms with van der Waals surface area (Å²) in [6.45, 7) is 12.9. The quantitative estimate of drug-likeness (QED) is 0.132. The van der Waals surface area contributed by atoms with Gasteiger partial charge in [0, 0.05) is 30.9 Å². The number of ether oxygens (including phenoxy) is 1. The van der Waals surface area contributed by atoms with Crippen LogP contribution in [0.4, 0.5) is 19.6 Å². The molecule has 0 radical (unpaired) electrons. The molecule has 0 aliphatic carbocycles. The van der Waals surface area contributed by atoms with Crippen molar-refractivity contribution in [1.29, 1.82) is 0 Å². The Bertz CT molecular complexity index is 2080. The standard InChI is InChI=1S/C33H38F2N6O4S2Si/c1-20-16-23(36-18-22-10-9-11-27(44-6)29(22)45-48(7,8)33(2,3)4)19-37-31(20)47(42,43)40-32-38-28(21-12-13-24(34)25(35)17-21)30(46-32)26-14-15-41(5)39-26/h9-17,19,36H,18H2,1-8H3,(H,38,40). The van der Waals surface area contributed by atoms with Crippen LogP contribution in [0.1, 0.15) is 31.9 Å². The third-order valence-electron chi connectivity index (χ3n) is 8.20. The molecule has 5 rings (SSSR count). The van der Waals surface area contributed by atoms with Gasteiger partial charge in [-0.2, -0.15) is 13.5 Å². The second-order valence-electron chi connectivity index (χ2n) is 12.8. The molecule has 3 aromatic heterocycles. The Hall–Kier alpha value is -4.34. The fraction of sp³-hybridized carbons (Fsp3) is 0.303. The number of hydrogen-bond acceptors (Lipinski definition) is 9. The van der Waals surface area contributed by atoms with Gasteiger partial charge in [0.25, 0.3) is 18.3 Å². The summed E-state index contributed by atoms with van der Waals surface area (Å²) in [7, 11) is -3.03. The van der Waals surface area contributed by atoms with E-state index in [1.807, 2.05) is 18.2 Å². The highest BCUT2D eigenvalue weighted by molar-refractivity contribution is 7.92. The predicted octanol–water partition coefficient (Wildman–Crippen LogP) is 8.00. The molecule has 10 nitrogen and oxygen atoms in total. The molecule has 0 aliphatic heterocycles. The highest BCUT2D eigenvalue weighted by atomic mass is 32.2. The Morgan fingerprint density at radius 1 is 1.06 bits per heavy atom. The first-order chi connectivity index (χ1) is 22.5. The lowest BCUT2D eigenvalue weighted by Crippen LogP contribution is -2.44.